The standard InChI is InChI=1S/C16H19N3O4.ClH/c1-22-12-4-2-11(3-5-12)14-13(16(20)21)15(18-23-14)19-7-6-10(8-17)9-19;/h2-5,10H,6-9,17H2,1H3,(H,20,21);1H. The normalized spacial score (nSPS) is 16.8. The lowest BCUT2D eigenvalue weighted by Crippen LogP contribution is -2.24. The number of nitrogens with two attached hydrogens (primary N) is 1. The van der Waals surface area contributed by atoms with E-state index >= 15 is 0 Å². The van der Waals surface area contributed by atoms with E-state index in [0.717, 1.165) is 13.0 Å². The van der Waals surface area contributed by atoms with E-state index < -0.39 is 5.97 Å². The van der Waals surface area contributed by atoms with E-state index in [1.165, 1.54) is 0 Å². The van der Waals surface area contributed by atoms with E-state index in [9.17, 15) is 9.90 Å². The topological polar surface area (TPSA) is 102 Å². The highest BCUT2D eigenvalue weighted by Gasteiger charge is 2.31. The second kappa shape index (κ2) is 7.55. The summed E-state index contributed by atoms with van der Waals surface area (Å²) >= 11 is 0. The highest BCUT2D eigenvalue weighted by atomic mass is 35.5. The molecule has 2 aromatic rings. The van der Waals surface area contributed by atoms with Gasteiger partial charge in [-0.25, -0.2) is 4.79 Å². The molecule has 0 spiro atoms. The monoisotopic (exact) mass is 353 g/mol. The van der Waals surface area contributed by atoms with Crippen LogP contribution in [-0.2, 0) is 0 Å². The third-order valence-corrected chi connectivity index (χ3v) is 4.16. The molecule has 1 aromatic heterocycles. The van der Waals surface area contributed by atoms with Crippen LogP contribution in [0.1, 0.15) is 16.8 Å². The number of rotatable bonds is 5. The predicted octanol–water partition coefficient (Wildman–Crippen LogP) is 2.26. The quantitative estimate of drug-likeness (QED) is 0.849. The van der Waals surface area contributed by atoms with Gasteiger partial charge in [-0.1, -0.05) is 5.16 Å². The zero-order valence-electron chi connectivity index (χ0n) is 13.3. The van der Waals surface area contributed by atoms with Crippen molar-refractivity contribution in [3.8, 4) is 17.1 Å². The fraction of sp³-hybridized carbons (Fsp3) is 0.375. The summed E-state index contributed by atoms with van der Waals surface area (Å²) in [6, 6.07) is 7.01. The number of anilines is 1. The number of methoxy groups -OCH3 is 1. The van der Waals surface area contributed by atoms with Gasteiger partial charge < -0.3 is 25.0 Å². The Morgan fingerprint density at radius 3 is 2.71 bits per heavy atom. The highest BCUT2D eigenvalue weighted by molar-refractivity contribution is 5.99. The van der Waals surface area contributed by atoms with Crippen LogP contribution in [-0.4, -0.2) is 43.0 Å². The van der Waals surface area contributed by atoms with Crippen LogP contribution in [0.2, 0.25) is 0 Å². The Bertz CT molecular complexity index is 702. The first-order chi connectivity index (χ1) is 11.1. The molecule has 1 fully saturated rings. The van der Waals surface area contributed by atoms with Crippen molar-refractivity contribution in [2.75, 3.05) is 31.6 Å². The van der Waals surface area contributed by atoms with Gasteiger partial charge in [0.05, 0.1) is 7.11 Å². The number of ether oxygens (including phenoxy) is 1. The Kier molecular flexibility index (Phi) is 5.69. The van der Waals surface area contributed by atoms with Crippen molar-refractivity contribution < 1.29 is 19.2 Å². The molecule has 1 aliphatic rings. The summed E-state index contributed by atoms with van der Waals surface area (Å²) in [4.78, 5) is 13.7. The third-order valence-electron chi connectivity index (χ3n) is 4.16. The SMILES string of the molecule is COc1ccc(-c2onc(N3CCC(CN)C3)c2C(=O)O)cc1.Cl. The lowest BCUT2D eigenvalue weighted by Gasteiger charge is -2.15. The lowest BCUT2D eigenvalue weighted by molar-refractivity contribution is 0.0698. The van der Waals surface area contributed by atoms with Gasteiger partial charge in [0.15, 0.2) is 17.1 Å². The van der Waals surface area contributed by atoms with E-state index in [0.29, 0.717) is 36.1 Å². The van der Waals surface area contributed by atoms with Gasteiger partial charge in [-0.05, 0) is 43.1 Å². The fourth-order valence-corrected chi connectivity index (χ4v) is 2.85. The summed E-state index contributed by atoms with van der Waals surface area (Å²) < 4.78 is 10.5. The van der Waals surface area contributed by atoms with Crippen molar-refractivity contribution in [2.24, 2.45) is 11.7 Å². The van der Waals surface area contributed by atoms with Crippen molar-refractivity contribution in [2.45, 2.75) is 6.42 Å². The van der Waals surface area contributed by atoms with Crippen molar-refractivity contribution in [3.63, 3.8) is 0 Å². The number of carboxylic acid groups (broad SMARTS) is 1. The van der Waals surface area contributed by atoms with E-state index in [4.69, 9.17) is 15.0 Å². The maximum absolute atomic E-state index is 11.7. The first-order valence-electron chi connectivity index (χ1n) is 7.46. The molecule has 3 N–H and O–H groups in total. The second-order valence-corrected chi connectivity index (χ2v) is 5.58. The summed E-state index contributed by atoms with van der Waals surface area (Å²) in [5.41, 5.74) is 6.44. The molecule has 1 aliphatic heterocycles. The molecule has 1 unspecified atom stereocenters. The van der Waals surface area contributed by atoms with Gasteiger partial charge in [0.25, 0.3) is 0 Å². The van der Waals surface area contributed by atoms with Gasteiger partial charge in [0, 0.05) is 18.7 Å². The second-order valence-electron chi connectivity index (χ2n) is 5.58. The average Bonchev–Trinajstić information content (AvgIpc) is 3.21. The molecule has 1 aromatic carbocycles. The van der Waals surface area contributed by atoms with Crippen LogP contribution in [0, 0.1) is 5.92 Å². The molecule has 0 bridgehead atoms. The molecule has 2 heterocycles. The van der Waals surface area contributed by atoms with E-state index in [1.54, 1.807) is 31.4 Å². The van der Waals surface area contributed by atoms with Crippen LogP contribution < -0.4 is 15.4 Å². The number of halogens is 1. The summed E-state index contributed by atoms with van der Waals surface area (Å²) in [5.74, 6) is 0.627. The number of nitrogens with zero attached hydrogens (tertiary/aromatic N) is 2. The lowest BCUT2D eigenvalue weighted by atomic mass is 10.1. The van der Waals surface area contributed by atoms with Crippen molar-refractivity contribution in [1.82, 2.24) is 5.16 Å². The molecule has 0 radical (unpaired) electrons. The minimum absolute atomic E-state index is 0. The number of carboxylic acids is 1. The minimum Gasteiger partial charge on any atom is -0.497 e. The first kappa shape index (κ1) is 18.1. The summed E-state index contributed by atoms with van der Waals surface area (Å²) in [6.45, 7) is 2.02. The zero-order valence-corrected chi connectivity index (χ0v) is 14.1. The largest absolute Gasteiger partial charge is 0.497 e. The van der Waals surface area contributed by atoms with Gasteiger partial charge in [0.1, 0.15) is 5.75 Å². The summed E-state index contributed by atoms with van der Waals surface area (Å²) in [6.07, 6.45) is 0.931. The molecule has 8 heteroatoms. The molecule has 0 saturated carbocycles. The molecule has 7 nitrogen and oxygen atoms in total. The minimum atomic E-state index is -1.05. The van der Waals surface area contributed by atoms with Gasteiger partial charge in [-0.2, -0.15) is 0 Å². The van der Waals surface area contributed by atoms with Crippen LogP contribution >= 0.6 is 12.4 Å². The number of hydrogen-bond acceptors (Lipinski definition) is 6. The zero-order chi connectivity index (χ0) is 16.4. The van der Waals surface area contributed by atoms with Crippen LogP contribution in [0.25, 0.3) is 11.3 Å². The molecule has 130 valence electrons. The molecular weight excluding hydrogens is 334 g/mol. The van der Waals surface area contributed by atoms with Crippen LogP contribution in [0.5, 0.6) is 5.75 Å². The smallest absolute Gasteiger partial charge is 0.343 e. The first-order valence-corrected chi connectivity index (χ1v) is 7.46. The van der Waals surface area contributed by atoms with Gasteiger partial charge in [-0.3, -0.25) is 0 Å². The molecule has 3 rings (SSSR count). The number of carbonyl (C=O) groups is 1. The Hall–Kier alpha value is -2.25. The Morgan fingerprint density at radius 1 is 1.46 bits per heavy atom. The molecule has 24 heavy (non-hydrogen) atoms. The van der Waals surface area contributed by atoms with E-state index in [2.05, 4.69) is 5.16 Å². The number of aromatic carboxylic acids is 1. The molecule has 1 atom stereocenters. The molecule has 1 saturated heterocycles. The Balaban J connectivity index is 0.00000208. The van der Waals surface area contributed by atoms with E-state index in [1.807, 2.05) is 4.90 Å². The molecule has 0 amide bonds. The van der Waals surface area contributed by atoms with E-state index in [-0.39, 0.29) is 23.7 Å². The summed E-state index contributed by atoms with van der Waals surface area (Å²) in [5, 5.41) is 13.6. The van der Waals surface area contributed by atoms with Crippen molar-refractivity contribution in [1.29, 1.82) is 0 Å². The average molecular weight is 354 g/mol. The number of hydrogen-bond donors (Lipinski definition) is 2. The highest BCUT2D eigenvalue weighted by Crippen LogP contribution is 2.34. The van der Waals surface area contributed by atoms with Gasteiger partial charge >= 0.3 is 5.97 Å². The maximum Gasteiger partial charge on any atom is 0.343 e. The van der Waals surface area contributed by atoms with Gasteiger partial charge in [-0.15, -0.1) is 12.4 Å². The molecular formula is C16H20ClN3O4. The van der Waals surface area contributed by atoms with Crippen LogP contribution in [0.15, 0.2) is 28.8 Å². The fourth-order valence-electron chi connectivity index (χ4n) is 2.85. The number of benzene rings is 1. The number of aromatic nitrogens is 1. The predicted molar refractivity (Wildman–Crippen MR) is 92.1 cm³/mol. The van der Waals surface area contributed by atoms with Crippen molar-refractivity contribution >= 4 is 24.2 Å². The van der Waals surface area contributed by atoms with Crippen LogP contribution in [0.4, 0.5) is 5.82 Å². The van der Waals surface area contributed by atoms with Gasteiger partial charge in [0.2, 0.25) is 0 Å². The third kappa shape index (κ3) is 3.32. The van der Waals surface area contributed by atoms with Crippen molar-refractivity contribution in [3.05, 3.63) is 29.8 Å². The Labute approximate surface area is 145 Å². The summed E-state index contributed by atoms with van der Waals surface area (Å²) in [7, 11) is 1.57. The maximum atomic E-state index is 11.7. The molecule has 0 aliphatic carbocycles. The van der Waals surface area contributed by atoms with Crippen LogP contribution in [0.3, 0.4) is 0 Å². The Morgan fingerprint density at radius 2 is 2.17 bits per heavy atom.